The summed E-state index contributed by atoms with van der Waals surface area (Å²) < 4.78 is 0. The zero-order valence-corrected chi connectivity index (χ0v) is 37.3. The van der Waals surface area contributed by atoms with Gasteiger partial charge in [0.15, 0.2) is 0 Å². The molecule has 3 nitrogen and oxygen atoms in total. The van der Waals surface area contributed by atoms with Crippen molar-refractivity contribution in [3.05, 3.63) is 86.2 Å². The van der Waals surface area contributed by atoms with Crippen molar-refractivity contribution in [3.8, 4) is 0 Å². The number of nitrogens with zero attached hydrogens (tertiary/aromatic N) is 3. The Labute approximate surface area is 347 Å². The van der Waals surface area contributed by atoms with Gasteiger partial charge in [0.2, 0.25) is 0 Å². The fourth-order valence-corrected chi connectivity index (χ4v) is 6.76. The third-order valence-electron chi connectivity index (χ3n) is 9.58. The van der Waals surface area contributed by atoms with E-state index in [0.29, 0.717) is 5.02 Å². The molecule has 0 aliphatic heterocycles. The predicted molar refractivity (Wildman–Crippen MR) is 218 cm³/mol. The van der Waals surface area contributed by atoms with Gasteiger partial charge in [0.1, 0.15) is 0 Å². The largest absolute Gasteiger partial charge is 2.00 e. The zero-order valence-electron chi connectivity index (χ0n) is 33.6. The monoisotopic (exact) mass is 804 g/mol. The second kappa shape index (κ2) is 27.9. The summed E-state index contributed by atoms with van der Waals surface area (Å²) in [4.78, 5) is 15.9. The van der Waals surface area contributed by atoms with Gasteiger partial charge in [-0.15, -0.1) is 0 Å². The molecule has 1 radical (unpaired) electrons. The third kappa shape index (κ3) is 16.0. The van der Waals surface area contributed by atoms with Gasteiger partial charge in [0.05, 0.1) is 34.2 Å². The molecule has 0 aliphatic rings. The molecule has 3 rings (SSSR count). The standard InChI is InChI=1S/C45H66ClN3.2ClH.V/c1-9-15-21-35-27-37(23-17-11-3)44(38(28-35)24-18-12-4)47-33(7)42-31-41(46)32-43(49-42)34(8)48-45-39(25-19-13-5)29-36(22-16-10-2)30-40(45)26-20-14-6;;;/h27-32H,9-26H2,1-8H3;2*1H;/q;;;+2/p-2. The van der Waals surface area contributed by atoms with Crippen LogP contribution in [-0.4, -0.2) is 16.4 Å². The molecule has 0 aliphatic carbocycles. The van der Waals surface area contributed by atoms with Gasteiger partial charge in [-0.3, -0.25) is 9.98 Å². The molecule has 0 amide bonds. The molecule has 0 saturated heterocycles. The normalized spacial score (nSPS) is 11.6. The minimum absolute atomic E-state index is 0. The van der Waals surface area contributed by atoms with E-state index < -0.39 is 0 Å². The van der Waals surface area contributed by atoms with E-state index >= 15 is 0 Å². The Hall–Kier alpha value is -1.62. The van der Waals surface area contributed by atoms with Crippen LogP contribution in [0.25, 0.3) is 0 Å². The van der Waals surface area contributed by atoms with Crippen LogP contribution in [0.1, 0.15) is 177 Å². The van der Waals surface area contributed by atoms with Crippen molar-refractivity contribution in [3.63, 3.8) is 0 Å². The molecular formula is C45H66Cl3N3V. The quantitative estimate of drug-likeness (QED) is 0.0948. The first kappa shape index (κ1) is 50.4. The van der Waals surface area contributed by atoms with E-state index in [1.807, 2.05) is 12.1 Å². The maximum atomic E-state index is 6.83. The number of aromatic nitrogens is 1. The molecule has 7 heteroatoms. The van der Waals surface area contributed by atoms with Crippen molar-refractivity contribution in [1.29, 1.82) is 0 Å². The van der Waals surface area contributed by atoms with Gasteiger partial charge in [-0.2, -0.15) is 0 Å². The summed E-state index contributed by atoms with van der Waals surface area (Å²) in [6.07, 6.45) is 20.7. The summed E-state index contributed by atoms with van der Waals surface area (Å²) in [6.45, 7) is 17.8. The van der Waals surface area contributed by atoms with Crippen LogP contribution in [0.2, 0.25) is 5.02 Å². The number of halogens is 3. The fourth-order valence-electron chi connectivity index (χ4n) is 6.55. The molecule has 287 valence electrons. The van der Waals surface area contributed by atoms with Crippen molar-refractivity contribution in [2.75, 3.05) is 0 Å². The second-order valence-electron chi connectivity index (χ2n) is 14.1. The van der Waals surface area contributed by atoms with Crippen molar-refractivity contribution in [2.24, 2.45) is 9.98 Å². The van der Waals surface area contributed by atoms with Gasteiger partial charge in [-0.05, 0) is 136 Å². The van der Waals surface area contributed by atoms with E-state index in [2.05, 4.69) is 79.7 Å². The van der Waals surface area contributed by atoms with Crippen LogP contribution in [0.4, 0.5) is 11.4 Å². The molecule has 3 aromatic rings. The first-order valence-corrected chi connectivity index (χ1v) is 20.2. The zero-order chi connectivity index (χ0) is 35.6. The van der Waals surface area contributed by atoms with Crippen LogP contribution >= 0.6 is 11.6 Å². The molecule has 0 bridgehead atoms. The SMILES string of the molecule is CCCCc1cc(CCCC)c(N=C(C)c2cc(Cl)cc(C(C)=Nc3c(CCCC)cc(CCCC)cc3CCCC)n2)c(CCCC)c1.[Cl-].[Cl-].[V+2]. The Kier molecular flexibility index (Phi) is 27.0. The van der Waals surface area contributed by atoms with Crippen LogP contribution in [0, 0.1) is 0 Å². The molecular weight excluding hydrogens is 740 g/mol. The second-order valence-corrected chi connectivity index (χ2v) is 14.5. The molecule has 0 unspecified atom stereocenters. The van der Waals surface area contributed by atoms with E-state index in [4.69, 9.17) is 26.6 Å². The minimum atomic E-state index is 0. The van der Waals surface area contributed by atoms with Crippen LogP contribution in [0.5, 0.6) is 0 Å². The molecule has 0 spiro atoms. The van der Waals surface area contributed by atoms with E-state index in [1.54, 1.807) is 0 Å². The Balaban J connectivity index is 0.00000867. The van der Waals surface area contributed by atoms with Crippen molar-refractivity contribution >= 4 is 34.4 Å². The number of aliphatic imine (C=N–C) groups is 2. The van der Waals surface area contributed by atoms with E-state index in [1.165, 1.54) is 110 Å². The summed E-state index contributed by atoms with van der Waals surface area (Å²) >= 11 is 6.83. The summed E-state index contributed by atoms with van der Waals surface area (Å²) in [5.74, 6) is 0. The van der Waals surface area contributed by atoms with Gasteiger partial charge in [-0.1, -0.05) is 116 Å². The van der Waals surface area contributed by atoms with Gasteiger partial charge < -0.3 is 24.8 Å². The predicted octanol–water partition coefficient (Wildman–Crippen LogP) is 8.08. The van der Waals surface area contributed by atoms with Gasteiger partial charge in [0, 0.05) is 5.02 Å². The Morgan fingerprint density at radius 1 is 0.481 bits per heavy atom. The van der Waals surface area contributed by atoms with Crippen molar-refractivity contribution < 1.29 is 43.4 Å². The van der Waals surface area contributed by atoms with Crippen LogP contribution < -0.4 is 24.8 Å². The van der Waals surface area contributed by atoms with E-state index in [-0.39, 0.29) is 43.4 Å². The topological polar surface area (TPSA) is 37.6 Å². The summed E-state index contributed by atoms with van der Waals surface area (Å²) in [7, 11) is 0. The summed E-state index contributed by atoms with van der Waals surface area (Å²) in [5, 5.41) is 0.670. The smallest absolute Gasteiger partial charge is 1.00 e. The molecule has 0 saturated carbocycles. The molecule has 1 aromatic heterocycles. The molecule has 52 heavy (non-hydrogen) atoms. The Bertz CT molecular complexity index is 1360. The number of hydrogen-bond acceptors (Lipinski definition) is 3. The fraction of sp³-hybridized carbons (Fsp3) is 0.578. The number of aryl methyl sites for hydroxylation is 6. The van der Waals surface area contributed by atoms with Crippen LogP contribution in [0.15, 0.2) is 46.4 Å². The Morgan fingerprint density at radius 2 is 0.750 bits per heavy atom. The maximum absolute atomic E-state index is 6.83. The molecule has 0 N–H and O–H groups in total. The summed E-state index contributed by atoms with van der Waals surface area (Å²) in [6, 6.07) is 13.7. The van der Waals surface area contributed by atoms with Gasteiger partial charge in [-0.25, -0.2) is 4.98 Å². The molecule has 0 atom stereocenters. The average Bonchev–Trinajstić information content (AvgIpc) is 3.10. The van der Waals surface area contributed by atoms with E-state index in [0.717, 1.165) is 72.7 Å². The third-order valence-corrected chi connectivity index (χ3v) is 9.80. The average molecular weight is 806 g/mol. The Morgan fingerprint density at radius 3 is 1.02 bits per heavy atom. The van der Waals surface area contributed by atoms with Crippen LogP contribution in [-0.2, 0) is 57.1 Å². The van der Waals surface area contributed by atoms with Gasteiger partial charge >= 0.3 is 18.6 Å². The number of hydrogen-bond donors (Lipinski definition) is 0. The van der Waals surface area contributed by atoms with Crippen LogP contribution in [0.3, 0.4) is 0 Å². The molecule has 0 fully saturated rings. The maximum Gasteiger partial charge on any atom is 2.00 e. The first-order valence-electron chi connectivity index (χ1n) is 19.9. The molecule has 1 heterocycles. The number of benzene rings is 2. The number of rotatable bonds is 22. The molecule has 2 aromatic carbocycles. The number of unbranched alkanes of at least 4 members (excludes halogenated alkanes) is 6. The first-order chi connectivity index (χ1) is 23.8. The van der Waals surface area contributed by atoms with E-state index in [9.17, 15) is 0 Å². The minimum Gasteiger partial charge on any atom is -1.00 e. The van der Waals surface area contributed by atoms with Crippen molar-refractivity contribution in [1.82, 2.24) is 4.98 Å². The van der Waals surface area contributed by atoms with Gasteiger partial charge in [0.25, 0.3) is 0 Å². The van der Waals surface area contributed by atoms with Crippen molar-refractivity contribution in [2.45, 2.75) is 171 Å². The summed E-state index contributed by atoms with van der Waals surface area (Å²) in [5.41, 5.74) is 14.2. The number of pyridine rings is 1.